The summed E-state index contributed by atoms with van der Waals surface area (Å²) in [7, 11) is 0. The Kier molecular flexibility index (Phi) is 7.21. The molecule has 114 valence electrons. The van der Waals surface area contributed by atoms with Crippen LogP contribution in [0.4, 0.5) is 13.2 Å². The highest BCUT2D eigenvalue weighted by atomic mass is 19.4. The molecule has 0 amide bonds. The molecule has 0 fully saturated rings. The van der Waals surface area contributed by atoms with Crippen molar-refractivity contribution in [2.45, 2.75) is 25.4 Å². The third-order valence-corrected chi connectivity index (χ3v) is 1.67. The molecular weight excluding hydrogens is 287 g/mol. The molecule has 0 saturated heterocycles. The third kappa shape index (κ3) is 8.02. The van der Waals surface area contributed by atoms with Gasteiger partial charge in [-0.15, -0.1) is 0 Å². The number of nitrogens with zero attached hydrogens (tertiary/aromatic N) is 2. The van der Waals surface area contributed by atoms with Gasteiger partial charge in [0, 0.05) is 19.4 Å². The first-order valence-corrected chi connectivity index (χ1v) is 5.20. The molecule has 0 atom stereocenters. The number of hydrogen-bond acceptors (Lipinski definition) is 6. The Bertz CT molecular complexity index is 446. The molecule has 0 unspecified atom stereocenters. The normalized spacial score (nSPS) is 10.6. The molecule has 4 N–H and O–H groups in total. The minimum Gasteiger partial charge on any atom is -0.481 e. The van der Waals surface area contributed by atoms with Gasteiger partial charge in [-0.1, -0.05) is 5.16 Å². The quantitative estimate of drug-likeness (QED) is 0.701. The first-order valence-electron chi connectivity index (χ1n) is 5.20. The van der Waals surface area contributed by atoms with Crippen LogP contribution in [-0.2, 0) is 22.4 Å². The average Bonchev–Trinajstić information content (AvgIpc) is 2.74. The van der Waals surface area contributed by atoms with Crippen molar-refractivity contribution < 1.29 is 37.5 Å². The molecule has 1 rings (SSSR count). The van der Waals surface area contributed by atoms with Gasteiger partial charge in [-0.05, 0) is 0 Å². The number of hydrogen-bond donors (Lipinski definition) is 3. The van der Waals surface area contributed by atoms with Crippen molar-refractivity contribution in [1.82, 2.24) is 10.1 Å². The second-order valence-electron chi connectivity index (χ2n) is 3.34. The van der Waals surface area contributed by atoms with Crippen molar-refractivity contribution in [3.05, 3.63) is 11.7 Å². The predicted molar refractivity (Wildman–Crippen MR) is 56.7 cm³/mol. The van der Waals surface area contributed by atoms with Gasteiger partial charge in [0.1, 0.15) is 0 Å². The van der Waals surface area contributed by atoms with E-state index in [1.54, 1.807) is 0 Å². The number of nitrogens with two attached hydrogens (primary N) is 1. The third-order valence-electron chi connectivity index (χ3n) is 1.67. The molecule has 0 aliphatic carbocycles. The number of aryl methyl sites for hydroxylation is 1. The second-order valence-corrected chi connectivity index (χ2v) is 3.34. The van der Waals surface area contributed by atoms with Crippen molar-refractivity contribution in [3.63, 3.8) is 0 Å². The van der Waals surface area contributed by atoms with Crippen molar-refractivity contribution in [2.75, 3.05) is 6.54 Å². The molecule has 1 aromatic heterocycles. The zero-order valence-corrected chi connectivity index (χ0v) is 10.1. The van der Waals surface area contributed by atoms with Crippen LogP contribution in [0.3, 0.4) is 0 Å². The van der Waals surface area contributed by atoms with Crippen LogP contribution in [0.15, 0.2) is 4.52 Å². The smallest absolute Gasteiger partial charge is 0.481 e. The van der Waals surface area contributed by atoms with Crippen LogP contribution in [-0.4, -0.2) is 45.0 Å². The topological polar surface area (TPSA) is 140 Å². The van der Waals surface area contributed by atoms with Crippen molar-refractivity contribution in [3.8, 4) is 0 Å². The minimum atomic E-state index is -5.08. The Morgan fingerprint density at radius 3 is 2.20 bits per heavy atom. The summed E-state index contributed by atoms with van der Waals surface area (Å²) in [5.74, 6) is -2.74. The van der Waals surface area contributed by atoms with Gasteiger partial charge in [0.2, 0.25) is 5.89 Å². The Morgan fingerprint density at radius 1 is 1.25 bits per heavy atom. The van der Waals surface area contributed by atoms with Crippen molar-refractivity contribution >= 4 is 11.9 Å². The first-order chi connectivity index (χ1) is 9.16. The Hall–Kier alpha value is -2.17. The number of rotatable bonds is 5. The van der Waals surface area contributed by atoms with Gasteiger partial charge >= 0.3 is 18.1 Å². The zero-order chi connectivity index (χ0) is 15.8. The number of carbonyl (C=O) groups is 2. The lowest BCUT2D eigenvalue weighted by atomic mass is 10.3. The van der Waals surface area contributed by atoms with Crippen LogP contribution in [0, 0.1) is 0 Å². The predicted octanol–water partition coefficient (Wildman–Crippen LogP) is 0.221. The number of alkyl halides is 3. The van der Waals surface area contributed by atoms with E-state index < -0.39 is 18.1 Å². The molecular formula is C9H12F3N3O5. The summed E-state index contributed by atoms with van der Waals surface area (Å²) in [6.45, 7) is 0.445. The maximum atomic E-state index is 10.6. The zero-order valence-electron chi connectivity index (χ0n) is 10.1. The van der Waals surface area contributed by atoms with E-state index in [0.717, 1.165) is 0 Å². The molecule has 0 aliphatic heterocycles. The van der Waals surface area contributed by atoms with Crippen LogP contribution in [0.2, 0.25) is 0 Å². The fraction of sp³-hybridized carbons (Fsp3) is 0.556. The number of carboxylic acids is 2. The Morgan fingerprint density at radius 2 is 1.80 bits per heavy atom. The minimum absolute atomic E-state index is 0.0155. The maximum absolute atomic E-state index is 10.6. The fourth-order valence-corrected chi connectivity index (χ4v) is 0.835. The summed E-state index contributed by atoms with van der Waals surface area (Å²) in [5.41, 5.74) is 5.27. The SMILES string of the molecule is NCCc1nc(CCC(=O)O)no1.O=C(O)C(F)(F)F. The van der Waals surface area contributed by atoms with Crippen molar-refractivity contribution in [2.24, 2.45) is 5.73 Å². The molecule has 1 aromatic rings. The highest BCUT2D eigenvalue weighted by molar-refractivity contribution is 5.73. The van der Waals surface area contributed by atoms with E-state index in [9.17, 15) is 18.0 Å². The Balaban J connectivity index is 0.000000441. The van der Waals surface area contributed by atoms with Gasteiger partial charge in [0.25, 0.3) is 0 Å². The lowest BCUT2D eigenvalue weighted by molar-refractivity contribution is -0.192. The number of halogens is 3. The summed E-state index contributed by atoms with van der Waals surface area (Å²) < 4.78 is 36.5. The van der Waals surface area contributed by atoms with Crippen LogP contribution in [0.25, 0.3) is 0 Å². The van der Waals surface area contributed by atoms with Gasteiger partial charge in [0.05, 0.1) is 6.42 Å². The summed E-state index contributed by atoms with van der Waals surface area (Å²) in [5, 5.41) is 19.1. The van der Waals surface area contributed by atoms with Crippen LogP contribution in [0.1, 0.15) is 18.1 Å². The maximum Gasteiger partial charge on any atom is 0.490 e. The van der Waals surface area contributed by atoms with E-state index in [4.69, 9.17) is 25.3 Å². The average molecular weight is 299 g/mol. The van der Waals surface area contributed by atoms with Gasteiger partial charge < -0.3 is 20.5 Å². The molecule has 0 saturated carbocycles. The molecule has 1 heterocycles. The van der Waals surface area contributed by atoms with E-state index in [0.29, 0.717) is 31.1 Å². The Labute approximate surface area is 110 Å². The van der Waals surface area contributed by atoms with Gasteiger partial charge in [-0.25, -0.2) is 4.79 Å². The fourth-order valence-electron chi connectivity index (χ4n) is 0.835. The van der Waals surface area contributed by atoms with Crippen LogP contribution >= 0.6 is 0 Å². The molecule has 8 nitrogen and oxygen atoms in total. The summed E-state index contributed by atoms with van der Waals surface area (Å²) in [4.78, 5) is 23.0. The van der Waals surface area contributed by atoms with Crippen LogP contribution in [0.5, 0.6) is 0 Å². The summed E-state index contributed by atoms with van der Waals surface area (Å²) >= 11 is 0. The first kappa shape index (κ1) is 17.8. The monoisotopic (exact) mass is 299 g/mol. The van der Waals surface area contributed by atoms with Crippen molar-refractivity contribution in [1.29, 1.82) is 0 Å². The summed E-state index contributed by atoms with van der Waals surface area (Å²) in [6, 6.07) is 0. The summed E-state index contributed by atoms with van der Waals surface area (Å²) in [6.07, 6.45) is -4.24. The highest BCUT2D eigenvalue weighted by Gasteiger charge is 2.38. The molecule has 0 bridgehead atoms. The van der Waals surface area contributed by atoms with Gasteiger partial charge in [-0.2, -0.15) is 18.2 Å². The number of carboxylic acid groups (broad SMARTS) is 2. The molecule has 20 heavy (non-hydrogen) atoms. The van der Waals surface area contributed by atoms with Gasteiger partial charge in [-0.3, -0.25) is 4.79 Å². The van der Waals surface area contributed by atoms with E-state index in [1.165, 1.54) is 0 Å². The standard InChI is InChI=1S/C7H11N3O3.C2HF3O2/c8-4-3-6-9-5(10-13-6)1-2-7(11)12;3-2(4,5)1(6)7/h1-4,8H2,(H,11,12);(H,6,7). The second kappa shape index (κ2) is 8.09. The van der Waals surface area contributed by atoms with Gasteiger partial charge in [0.15, 0.2) is 5.82 Å². The number of aliphatic carboxylic acids is 2. The molecule has 0 aliphatic rings. The number of aromatic nitrogens is 2. The lowest BCUT2D eigenvalue weighted by Gasteiger charge is -1.93. The lowest BCUT2D eigenvalue weighted by Crippen LogP contribution is -2.21. The van der Waals surface area contributed by atoms with Crippen LogP contribution < -0.4 is 5.73 Å². The molecule has 0 radical (unpaired) electrons. The van der Waals surface area contributed by atoms with E-state index >= 15 is 0 Å². The highest BCUT2D eigenvalue weighted by Crippen LogP contribution is 2.13. The largest absolute Gasteiger partial charge is 0.490 e. The molecule has 0 spiro atoms. The molecule has 11 heteroatoms. The molecule has 0 aromatic carbocycles. The van der Waals surface area contributed by atoms with E-state index in [2.05, 4.69) is 10.1 Å². The van der Waals surface area contributed by atoms with E-state index in [1.807, 2.05) is 0 Å². The van der Waals surface area contributed by atoms with E-state index in [-0.39, 0.29) is 6.42 Å².